The van der Waals surface area contributed by atoms with Crippen molar-refractivity contribution in [3.05, 3.63) is 0 Å². The third kappa shape index (κ3) is 40.3. The van der Waals surface area contributed by atoms with Crippen LogP contribution in [0.3, 0.4) is 0 Å². The Morgan fingerprint density at radius 3 is 0.922 bits per heavy atom. The van der Waals surface area contributed by atoms with Crippen LogP contribution in [-0.2, 0) is 65.4 Å². The number of phosphoric ester groups is 2. The summed E-state index contributed by atoms with van der Waals surface area (Å²) < 4.78 is 66.5. The normalized spacial score (nSPS) is 14.8. The molecule has 0 aromatic rings. The Balaban J connectivity index is 5.12. The highest BCUT2D eigenvalue weighted by molar-refractivity contribution is 7.47. The van der Waals surface area contributed by atoms with Crippen LogP contribution >= 0.6 is 15.6 Å². The van der Waals surface area contributed by atoms with Gasteiger partial charge in [0.05, 0.1) is 26.4 Å². The zero-order chi connectivity index (χ0) is 47.7. The van der Waals surface area contributed by atoms with Gasteiger partial charge in [-0.05, 0) is 25.7 Å². The smallest absolute Gasteiger partial charge is 0.462 e. The number of unbranched alkanes of at least 4 members (excludes halogenated alkanes) is 20. The van der Waals surface area contributed by atoms with Crippen LogP contribution in [0.25, 0.3) is 0 Å². The van der Waals surface area contributed by atoms with Gasteiger partial charge in [-0.3, -0.25) is 37.3 Å². The minimum absolute atomic E-state index is 0.0991. The summed E-state index contributed by atoms with van der Waals surface area (Å²) in [5, 5.41) is 10.3. The van der Waals surface area contributed by atoms with Gasteiger partial charge in [-0.25, -0.2) is 9.13 Å². The van der Waals surface area contributed by atoms with Crippen LogP contribution < -0.4 is 0 Å². The number of rotatable bonds is 46. The number of aliphatic hydroxyl groups is 1. The molecule has 0 saturated carbocycles. The lowest BCUT2D eigenvalue weighted by Gasteiger charge is -2.21. The molecule has 0 aliphatic carbocycles. The summed E-state index contributed by atoms with van der Waals surface area (Å²) in [4.78, 5) is 70.5. The summed E-state index contributed by atoms with van der Waals surface area (Å²) in [6.07, 6.45) is 19.4. The highest BCUT2D eigenvalue weighted by Crippen LogP contribution is 2.45. The minimum Gasteiger partial charge on any atom is -0.462 e. The van der Waals surface area contributed by atoms with E-state index in [1.807, 2.05) is 0 Å². The van der Waals surface area contributed by atoms with Crippen molar-refractivity contribution >= 4 is 39.5 Å². The maximum absolute atomic E-state index is 12.7. The van der Waals surface area contributed by atoms with E-state index in [1.165, 1.54) is 6.42 Å². The van der Waals surface area contributed by atoms with Gasteiger partial charge in [-0.1, -0.05) is 156 Å². The van der Waals surface area contributed by atoms with Crippen molar-refractivity contribution in [1.82, 2.24) is 0 Å². The topological polar surface area (TPSA) is 237 Å². The molecule has 5 atom stereocenters. The lowest BCUT2D eigenvalue weighted by atomic mass is 10.1. The molecule has 0 fully saturated rings. The van der Waals surface area contributed by atoms with Crippen molar-refractivity contribution in [3.63, 3.8) is 0 Å². The number of phosphoric acid groups is 2. The molecule has 0 saturated heterocycles. The molecule has 0 amide bonds. The van der Waals surface area contributed by atoms with Gasteiger partial charge in [0, 0.05) is 25.7 Å². The number of hydrogen-bond acceptors (Lipinski definition) is 15. The summed E-state index contributed by atoms with van der Waals surface area (Å²) in [6.45, 7) is 4.48. The molecule has 0 aromatic heterocycles. The van der Waals surface area contributed by atoms with Gasteiger partial charge in [0.15, 0.2) is 12.2 Å². The molecular formula is C45H86O17P2. The van der Waals surface area contributed by atoms with E-state index in [2.05, 4.69) is 27.7 Å². The quantitative estimate of drug-likeness (QED) is 0.0222. The number of aliphatic hydroxyl groups excluding tert-OH is 1. The van der Waals surface area contributed by atoms with Crippen molar-refractivity contribution in [1.29, 1.82) is 0 Å². The Morgan fingerprint density at radius 2 is 0.625 bits per heavy atom. The number of hydrogen-bond donors (Lipinski definition) is 3. The molecule has 64 heavy (non-hydrogen) atoms. The minimum atomic E-state index is -4.91. The molecule has 0 aromatic carbocycles. The van der Waals surface area contributed by atoms with Gasteiger partial charge in [0.25, 0.3) is 0 Å². The monoisotopic (exact) mass is 961 g/mol. The summed E-state index contributed by atoms with van der Waals surface area (Å²) in [6, 6.07) is 0. The van der Waals surface area contributed by atoms with Gasteiger partial charge in [0.1, 0.15) is 19.3 Å². The van der Waals surface area contributed by atoms with Crippen LogP contribution in [0.4, 0.5) is 0 Å². The highest BCUT2D eigenvalue weighted by atomic mass is 31.2. The molecule has 0 aliphatic rings. The van der Waals surface area contributed by atoms with Gasteiger partial charge in [-0.2, -0.15) is 0 Å². The predicted molar refractivity (Wildman–Crippen MR) is 243 cm³/mol. The van der Waals surface area contributed by atoms with E-state index < -0.39 is 97.5 Å². The van der Waals surface area contributed by atoms with E-state index in [0.29, 0.717) is 25.7 Å². The Morgan fingerprint density at radius 1 is 0.375 bits per heavy atom. The first-order valence-electron chi connectivity index (χ1n) is 24.3. The fourth-order valence-electron chi connectivity index (χ4n) is 6.27. The summed E-state index contributed by atoms with van der Waals surface area (Å²) >= 11 is 0. The predicted octanol–water partition coefficient (Wildman–Crippen LogP) is 10.5. The third-order valence-corrected chi connectivity index (χ3v) is 12.0. The first kappa shape index (κ1) is 62.1. The highest BCUT2D eigenvalue weighted by Gasteiger charge is 2.30. The molecule has 0 bridgehead atoms. The Labute approximate surface area is 384 Å². The fraction of sp³-hybridized carbons (Fsp3) is 0.911. The van der Waals surface area contributed by atoms with Crippen LogP contribution in [-0.4, -0.2) is 96.7 Å². The zero-order valence-electron chi connectivity index (χ0n) is 39.7. The second-order valence-electron chi connectivity index (χ2n) is 16.4. The lowest BCUT2D eigenvalue weighted by Crippen LogP contribution is -2.30. The second-order valence-corrected chi connectivity index (χ2v) is 19.3. The first-order valence-corrected chi connectivity index (χ1v) is 27.3. The molecular weight excluding hydrogens is 874 g/mol. The van der Waals surface area contributed by atoms with Crippen molar-refractivity contribution in [2.45, 2.75) is 226 Å². The standard InChI is InChI=1S/C45H86O17P2/c1-5-9-13-17-20-24-26-30-43(48)56-35-40(61-44(49)31-27-21-16-12-8-4)37-59-63(51,52)57-33-39(46)34-58-64(53,54)60-38-41(62-45(50)32-28-23-19-15-11-7-3)36-55-42(47)29-25-22-18-14-10-6-2/h39-41,46H,5-38H2,1-4H3,(H,51,52)(H,53,54)/t39-,40+,41+/m0/s1. The molecule has 2 unspecified atom stereocenters. The first-order chi connectivity index (χ1) is 30.7. The molecule has 0 heterocycles. The zero-order valence-corrected chi connectivity index (χ0v) is 41.5. The Hall–Kier alpha value is -1.94. The van der Waals surface area contributed by atoms with Crippen molar-refractivity contribution in [2.75, 3.05) is 39.6 Å². The molecule has 378 valence electrons. The van der Waals surface area contributed by atoms with Gasteiger partial charge in [0.2, 0.25) is 0 Å². The summed E-state index contributed by atoms with van der Waals surface area (Å²) in [7, 11) is -9.82. The van der Waals surface area contributed by atoms with E-state index in [0.717, 1.165) is 122 Å². The number of carbonyl (C=O) groups is 4. The molecule has 19 heteroatoms. The van der Waals surface area contributed by atoms with Crippen molar-refractivity contribution < 1.29 is 80.2 Å². The van der Waals surface area contributed by atoms with E-state index in [1.54, 1.807) is 0 Å². The molecule has 0 radical (unpaired) electrons. The van der Waals surface area contributed by atoms with E-state index in [9.17, 15) is 43.2 Å². The fourth-order valence-corrected chi connectivity index (χ4v) is 7.85. The summed E-state index contributed by atoms with van der Waals surface area (Å²) in [5.41, 5.74) is 0. The van der Waals surface area contributed by atoms with Gasteiger partial charge >= 0.3 is 39.5 Å². The van der Waals surface area contributed by atoms with Crippen LogP contribution in [0.2, 0.25) is 0 Å². The average Bonchev–Trinajstić information content (AvgIpc) is 3.26. The van der Waals surface area contributed by atoms with Crippen molar-refractivity contribution in [2.24, 2.45) is 0 Å². The van der Waals surface area contributed by atoms with Gasteiger partial charge < -0.3 is 33.8 Å². The molecule has 17 nitrogen and oxygen atoms in total. The molecule has 0 aliphatic heterocycles. The largest absolute Gasteiger partial charge is 0.472 e. The van der Waals surface area contributed by atoms with E-state index in [4.69, 9.17) is 37.0 Å². The average molecular weight is 961 g/mol. The second kappa shape index (κ2) is 41.3. The molecule has 0 spiro atoms. The van der Waals surface area contributed by atoms with E-state index in [-0.39, 0.29) is 25.7 Å². The third-order valence-electron chi connectivity index (χ3n) is 10.1. The lowest BCUT2D eigenvalue weighted by molar-refractivity contribution is -0.161. The molecule has 0 rings (SSSR count). The van der Waals surface area contributed by atoms with Crippen LogP contribution in [0, 0.1) is 0 Å². The van der Waals surface area contributed by atoms with Crippen molar-refractivity contribution in [3.8, 4) is 0 Å². The number of carbonyl (C=O) groups excluding carboxylic acids is 4. The van der Waals surface area contributed by atoms with Crippen LogP contribution in [0.1, 0.15) is 207 Å². The Bertz CT molecular complexity index is 1290. The number of esters is 4. The maximum atomic E-state index is 12.7. The van der Waals surface area contributed by atoms with Crippen LogP contribution in [0.15, 0.2) is 0 Å². The van der Waals surface area contributed by atoms with E-state index >= 15 is 0 Å². The maximum Gasteiger partial charge on any atom is 0.472 e. The Kier molecular flexibility index (Phi) is 40.0. The summed E-state index contributed by atoms with van der Waals surface area (Å²) in [5.74, 6) is -2.19. The number of ether oxygens (including phenoxy) is 4. The SMILES string of the molecule is CCCCCCCCCC(=O)OC[C@H](COP(=O)(O)OC[C@H](O)COP(=O)(O)OC[C@@H](COC(=O)CCCCCCCC)OC(=O)CCCCCCCC)OC(=O)CCCCCCC. The van der Waals surface area contributed by atoms with Gasteiger partial charge in [-0.15, -0.1) is 0 Å². The van der Waals surface area contributed by atoms with Crippen LogP contribution in [0.5, 0.6) is 0 Å². The molecule has 3 N–H and O–H groups in total.